The van der Waals surface area contributed by atoms with Crippen LogP contribution in [0.2, 0.25) is 10.0 Å². The topological polar surface area (TPSA) is 75.7 Å². The van der Waals surface area contributed by atoms with Crippen LogP contribution in [0.3, 0.4) is 0 Å². The first-order valence-corrected chi connectivity index (χ1v) is 6.91. The van der Waals surface area contributed by atoms with Crippen LogP contribution in [0, 0.1) is 0 Å². The van der Waals surface area contributed by atoms with Crippen LogP contribution in [-0.2, 0) is 9.53 Å². The summed E-state index contributed by atoms with van der Waals surface area (Å²) < 4.78 is 5.04. The molecule has 3 amide bonds. The monoisotopic (exact) mass is 330 g/mol. The van der Waals surface area contributed by atoms with E-state index in [9.17, 15) is 14.4 Å². The van der Waals surface area contributed by atoms with Gasteiger partial charge in [0, 0.05) is 13.1 Å². The van der Waals surface area contributed by atoms with Gasteiger partial charge in [0.15, 0.2) is 6.10 Å². The number of hydrogen-bond acceptors (Lipinski definition) is 4. The Hall–Kier alpha value is -1.79. The number of rotatable bonds is 3. The van der Waals surface area contributed by atoms with Gasteiger partial charge in [-0.25, -0.2) is 9.59 Å². The molecule has 1 aromatic carbocycles. The lowest BCUT2D eigenvalue weighted by Crippen LogP contribution is -2.41. The molecular weight excluding hydrogens is 319 g/mol. The van der Waals surface area contributed by atoms with Gasteiger partial charge in [0.1, 0.15) is 0 Å². The molecule has 8 heteroatoms. The molecule has 112 valence electrons. The van der Waals surface area contributed by atoms with Gasteiger partial charge in [-0.1, -0.05) is 29.3 Å². The Bertz CT molecular complexity index is 586. The lowest BCUT2D eigenvalue weighted by atomic mass is 10.2. The highest BCUT2D eigenvalue weighted by Crippen LogP contribution is 2.25. The zero-order valence-electron chi connectivity index (χ0n) is 11.1. The minimum Gasteiger partial charge on any atom is -0.449 e. The lowest BCUT2D eigenvalue weighted by Gasteiger charge is -2.18. The van der Waals surface area contributed by atoms with E-state index in [0.717, 1.165) is 4.90 Å². The number of imide groups is 1. The van der Waals surface area contributed by atoms with E-state index in [1.807, 2.05) is 0 Å². The van der Waals surface area contributed by atoms with Crippen LogP contribution in [0.1, 0.15) is 17.3 Å². The maximum absolute atomic E-state index is 12.0. The second-order valence-corrected chi connectivity index (χ2v) is 5.18. The van der Waals surface area contributed by atoms with E-state index in [2.05, 4.69) is 5.32 Å². The van der Waals surface area contributed by atoms with E-state index in [1.54, 1.807) is 6.07 Å². The molecule has 6 nitrogen and oxygen atoms in total. The van der Waals surface area contributed by atoms with Crippen LogP contribution in [-0.4, -0.2) is 42.0 Å². The van der Waals surface area contributed by atoms with Crippen molar-refractivity contribution in [2.45, 2.75) is 13.0 Å². The number of nitrogens with one attached hydrogen (secondary N) is 1. The second kappa shape index (κ2) is 6.32. The number of ether oxygens (including phenoxy) is 1. The van der Waals surface area contributed by atoms with Crippen molar-refractivity contribution < 1.29 is 19.1 Å². The fourth-order valence-electron chi connectivity index (χ4n) is 1.86. The quantitative estimate of drug-likeness (QED) is 0.861. The van der Waals surface area contributed by atoms with E-state index < -0.39 is 24.0 Å². The third kappa shape index (κ3) is 3.28. The Kier molecular flexibility index (Phi) is 4.69. The average Bonchev–Trinajstić information content (AvgIpc) is 2.83. The number of halogens is 2. The minimum absolute atomic E-state index is 0.00800. The summed E-state index contributed by atoms with van der Waals surface area (Å²) in [7, 11) is 0. The van der Waals surface area contributed by atoms with E-state index >= 15 is 0 Å². The van der Waals surface area contributed by atoms with Crippen molar-refractivity contribution in [1.29, 1.82) is 0 Å². The average molecular weight is 331 g/mol. The van der Waals surface area contributed by atoms with E-state index in [4.69, 9.17) is 27.9 Å². The van der Waals surface area contributed by atoms with Crippen LogP contribution in [0.4, 0.5) is 4.79 Å². The van der Waals surface area contributed by atoms with Gasteiger partial charge in [-0.2, -0.15) is 0 Å². The molecule has 0 aromatic heterocycles. The van der Waals surface area contributed by atoms with Crippen LogP contribution < -0.4 is 5.32 Å². The van der Waals surface area contributed by atoms with Crippen molar-refractivity contribution in [2.24, 2.45) is 0 Å². The number of benzene rings is 1. The van der Waals surface area contributed by atoms with E-state index in [-0.39, 0.29) is 22.2 Å². The Morgan fingerprint density at radius 1 is 1.33 bits per heavy atom. The number of carbonyl (C=O) groups is 3. The number of esters is 1. The minimum atomic E-state index is -1.12. The first-order valence-electron chi connectivity index (χ1n) is 6.16. The maximum atomic E-state index is 12.0. The van der Waals surface area contributed by atoms with Gasteiger partial charge in [0.2, 0.25) is 0 Å². The molecule has 1 aromatic rings. The van der Waals surface area contributed by atoms with Crippen LogP contribution >= 0.6 is 23.2 Å². The van der Waals surface area contributed by atoms with Crippen LogP contribution in [0.15, 0.2) is 18.2 Å². The molecule has 1 heterocycles. The molecule has 1 saturated heterocycles. The van der Waals surface area contributed by atoms with Gasteiger partial charge >= 0.3 is 12.0 Å². The van der Waals surface area contributed by atoms with Crippen molar-refractivity contribution in [3.8, 4) is 0 Å². The SMILES string of the molecule is C[C@H](OC(=O)c1c(Cl)cccc1Cl)C(=O)N1CCNC1=O. The third-order valence-electron chi connectivity index (χ3n) is 2.92. The number of amides is 3. The molecule has 0 unspecified atom stereocenters. The normalized spacial score (nSPS) is 15.6. The molecule has 2 rings (SSSR count). The Morgan fingerprint density at radius 2 is 1.95 bits per heavy atom. The highest BCUT2D eigenvalue weighted by Gasteiger charge is 2.32. The second-order valence-electron chi connectivity index (χ2n) is 4.37. The molecule has 1 aliphatic rings. The van der Waals surface area contributed by atoms with Crippen molar-refractivity contribution >= 4 is 41.1 Å². The molecule has 1 aliphatic heterocycles. The molecule has 0 radical (unpaired) electrons. The molecule has 0 aliphatic carbocycles. The van der Waals surface area contributed by atoms with Gasteiger partial charge in [-0.3, -0.25) is 9.69 Å². The molecule has 0 bridgehead atoms. The van der Waals surface area contributed by atoms with Gasteiger partial charge in [0.25, 0.3) is 5.91 Å². The van der Waals surface area contributed by atoms with Crippen molar-refractivity contribution in [3.05, 3.63) is 33.8 Å². The number of carbonyl (C=O) groups excluding carboxylic acids is 3. The van der Waals surface area contributed by atoms with Crippen molar-refractivity contribution in [1.82, 2.24) is 10.2 Å². The van der Waals surface area contributed by atoms with Gasteiger partial charge in [0.05, 0.1) is 15.6 Å². The first-order chi connectivity index (χ1) is 9.91. The summed E-state index contributed by atoms with van der Waals surface area (Å²) in [4.78, 5) is 36.4. The smallest absolute Gasteiger partial charge is 0.341 e. The van der Waals surface area contributed by atoms with Crippen molar-refractivity contribution in [2.75, 3.05) is 13.1 Å². The summed E-state index contributed by atoms with van der Waals surface area (Å²) in [5, 5.41) is 2.75. The zero-order chi connectivity index (χ0) is 15.6. The fraction of sp³-hybridized carbons (Fsp3) is 0.308. The summed E-state index contributed by atoms with van der Waals surface area (Å²) in [6.45, 7) is 2.00. The third-order valence-corrected chi connectivity index (χ3v) is 3.55. The molecule has 21 heavy (non-hydrogen) atoms. The van der Waals surface area contributed by atoms with Crippen LogP contribution in [0.5, 0.6) is 0 Å². The van der Waals surface area contributed by atoms with E-state index in [1.165, 1.54) is 19.1 Å². The molecule has 1 N–H and O–H groups in total. The summed E-state index contributed by atoms with van der Waals surface area (Å²) in [6, 6.07) is 4.07. The lowest BCUT2D eigenvalue weighted by molar-refractivity contribution is -0.136. The fourth-order valence-corrected chi connectivity index (χ4v) is 2.42. The number of urea groups is 1. The summed E-state index contributed by atoms with van der Waals surface area (Å²) in [5.74, 6) is -1.41. The maximum Gasteiger partial charge on any atom is 0.341 e. The first kappa shape index (κ1) is 15.6. The Balaban J connectivity index is 2.09. The van der Waals surface area contributed by atoms with Gasteiger partial charge in [-0.15, -0.1) is 0 Å². The number of hydrogen-bond donors (Lipinski definition) is 1. The Morgan fingerprint density at radius 3 is 2.48 bits per heavy atom. The predicted molar refractivity (Wildman–Crippen MR) is 76.5 cm³/mol. The molecule has 0 saturated carbocycles. The molecule has 0 spiro atoms. The highest BCUT2D eigenvalue weighted by atomic mass is 35.5. The predicted octanol–water partition coefficient (Wildman–Crippen LogP) is 2.09. The summed E-state index contributed by atoms with van der Waals surface area (Å²) in [6.07, 6.45) is -1.12. The molecule has 1 fully saturated rings. The van der Waals surface area contributed by atoms with Crippen LogP contribution in [0.25, 0.3) is 0 Å². The highest BCUT2D eigenvalue weighted by molar-refractivity contribution is 6.39. The molecular formula is C13H12Cl2N2O4. The summed E-state index contributed by atoms with van der Waals surface area (Å²) >= 11 is 11.8. The standard InChI is InChI=1S/C13H12Cl2N2O4/c1-7(11(18)17-6-5-16-13(17)20)21-12(19)10-8(14)3-2-4-9(10)15/h2-4,7H,5-6H2,1H3,(H,16,20)/t7-/m0/s1. The zero-order valence-corrected chi connectivity index (χ0v) is 12.6. The summed E-state index contributed by atoms with van der Waals surface area (Å²) in [5.41, 5.74) is -0.00800. The van der Waals surface area contributed by atoms with E-state index in [0.29, 0.717) is 6.54 Å². The number of nitrogens with zero attached hydrogens (tertiary/aromatic N) is 1. The Labute approximate surface area is 130 Å². The van der Waals surface area contributed by atoms with Crippen molar-refractivity contribution in [3.63, 3.8) is 0 Å². The van der Waals surface area contributed by atoms with Gasteiger partial charge in [-0.05, 0) is 19.1 Å². The van der Waals surface area contributed by atoms with Gasteiger partial charge < -0.3 is 10.1 Å². The largest absolute Gasteiger partial charge is 0.449 e. The molecule has 1 atom stereocenters.